The second-order valence-electron chi connectivity index (χ2n) is 3.68. The number of rotatable bonds is 3. The van der Waals surface area contributed by atoms with Crippen molar-refractivity contribution in [2.75, 3.05) is 13.1 Å². The predicted octanol–water partition coefficient (Wildman–Crippen LogP) is 0.178. The number of nitrogens with two attached hydrogens (primary N) is 1. The van der Waals surface area contributed by atoms with E-state index in [0.29, 0.717) is 5.92 Å². The lowest BCUT2D eigenvalue weighted by Crippen LogP contribution is -2.30. The Hall–Kier alpha value is -0.610. The highest BCUT2D eigenvalue weighted by Crippen LogP contribution is 2.18. The van der Waals surface area contributed by atoms with Gasteiger partial charge in [0.1, 0.15) is 0 Å². The summed E-state index contributed by atoms with van der Waals surface area (Å²) in [7, 11) is 0. The van der Waals surface area contributed by atoms with E-state index in [1.54, 1.807) is 0 Å². The third-order valence-electron chi connectivity index (χ3n) is 2.68. The van der Waals surface area contributed by atoms with E-state index in [2.05, 4.69) is 5.32 Å². The molecule has 1 saturated heterocycles. The summed E-state index contributed by atoms with van der Waals surface area (Å²) in [4.78, 5) is 10.4. The Morgan fingerprint density at radius 2 is 2.15 bits per heavy atom. The first kappa shape index (κ1) is 10.5. The van der Waals surface area contributed by atoms with Crippen LogP contribution in [0.5, 0.6) is 0 Å². The Balaban J connectivity index is 2.31. The molecule has 0 spiro atoms. The van der Waals surface area contributed by atoms with Gasteiger partial charge in [0.2, 0.25) is 0 Å². The average Bonchev–Trinajstić information content (AvgIpc) is 2.27. The summed E-state index contributed by atoms with van der Waals surface area (Å²) in [5.41, 5.74) is 5.93. The fourth-order valence-corrected chi connectivity index (χ4v) is 1.80. The number of carboxylic acid groups (broad SMARTS) is 1. The van der Waals surface area contributed by atoms with Gasteiger partial charge in [-0.3, -0.25) is 4.79 Å². The van der Waals surface area contributed by atoms with Crippen LogP contribution in [-0.2, 0) is 4.79 Å². The summed E-state index contributed by atoms with van der Waals surface area (Å²) in [6, 6.07) is 0.175. The van der Waals surface area contributed by atoms with Gasteiger partial charge in [-0.05, 0) is 38.3 Å². The van der Waals surface area contributed by atoms with Crippen molar-refractivity contribution in [2.24, 2.45) is 11.7 Å². The molecule has 4 heteroatoms. The molecule has 2 atom stereocenters. The molecule has 0 amide bonds. The lowest BCUT2D eigenvalue weighted by molar-refractivity contribution is -0.137. The van der Waals surface area contributed by atoms with E-state index < -0.39 is 5.97 Å². The SMILES string of the molecule is N[C@@H]1CCNCC[C@@H]1CCC(=O)O. The zero-order valence-electron chi connectivity index (χ0n) is 7.83. The number of nitrogens with one attached hydrogen (secondary N) is 1. The van der Waals surface area contributed by atoms with Gasteiger partial charge in [-0.1, -0.05) is 0 Å². The molecule has 1 rings (SSSR count). The van der Waals surface area contributed by atoms with Crippen molar-refractivity contribution in [2.45, 2.75) is 31.7 Å². The van der Waals surface area contributed by atoms with Crippen LogP contribution in [0, 0.1) is 5.92 Å². The topological polar surface area (TPSA) is 75.3 Å². The molecule has 0 aromatic carbocycles. The fraction of sp³-hybridized carbons (Fsp3) is 0.889. The standard InChI is InChI=1S/C9H18N2O2/c10-8-4-6-11-5-3-7(8)1-2-9(12)13/h7-8,11H,1-6,10H2,(H,12,13)/t7-,8+/m0/s1. The maximum atomic E-state index is 10.4. The summed E-state index contributed by atoms with van der Waals surface area (Å²) >= 11 is 0. The van der Waals surface area contributed by atoms with E-state index >= 15 is 0 Å². The molecule has 13 heavy (non-hydrogen) atoms. The van der Waals surface area contributed by atoms with E-state index in [1.807, 2.05) is 0 Å². The van der Waals surface area contributed by atoms with Crippen LogP contribution in [0.25, 0.3) is 0 Å². The zero-order chi connectivity index (χ0) is 9.68. The molecule has 0 radical (unpaired) electrons. The highest BCUT2D eigenvalue weighted by Gasteiger charge is 2.20. The van der Waals surface area contributed by atoms with Gasteiger partial charge in [0, 0.05) is 12.5 Å². The van der Waals surface area contributed by atoms with E-state index in [-0.39, 0.29) is 12.5 Å². The molecule has 1 fully saturated rings. The van der Waals surface area contributed by atoms with Crippen LogP contribution >= 0.6 is 0 Å². The monoisotopic (exact) mass is 186 g/mol. The maximum Gasteiger partial charge on any atom is 0.303 e. The Morgan fingerprint density at radius 1 is 1.46 bits per heavy atom. The molecule has 0 aromatic heterocycles. The molecule has 1 heterocycles. The predicted molar refractivity (Wildman–Crippen MR) is 50.4 cm³/mol. The summed E-state index contributed by atoms with van der Waals surface area (Å²) < 4.78 is 0. The number of hydrogen-bond donors (Lipinski definition) is 3. The maximum absolute atomic E-state index is 10.4. The van der Waals surface area contributed by atoms with Crippen LogP contribution < -0.4 is 11.1 Å². The van der Waals surface area contributed by atoms with Crippen LogP contribution in [-0.4, -0.2) is 30.2 Å². The molecule has 4 nitrogen and oxygen atoms in total. The minimum absolute atomic E-state index is 0.175. The summed E-state index contributed by atoms with van der Waals surface area (Å²) in [5.74, 6) is -0.337. The lowest BCUT2D eigenvalue weighted by atomic mass is 9.91. The van der Waals surface area contributed by atoms with Crippen molar-refractivity contribution < 1.29 is 9.90 Å². The van der Waals surface area contributed by atoms with Crippen molar-refractivity contribution in [1.29, 1.82) is 0 Å². The van der Waals surface area contributed by atoms with Crippen molar-refractivity contribution >= 4 is 5.97 Å². The Bertz CT molecular complexity index is 173. The minimum atomic E-state index is -0.718. The van der Waals surface area contributed by atoms with Crippen LogP contribution in [0.15, 0.2) is 0 Å². The number of aliphatic carboxylic acids is 1. The van der Waals surface area contributed by atoms with Crippen LogP contribution in [0.3, 0.4) is 0 Å². The molecule has 0 unspecified atom stereocenters. The van der Waals surface area contributed by atoms with Gasteiger partial charge < -0.3 is 16.2 Å². The normalized spacial score (nSPS) is 29.6. The van der Waals surface area contributed by atoms with Gasteiger partial charge in [-0.15, -0.1) is 0 Å². The first-order valence-corrected chi connectivity index (χ1v) is 4.88. The molecule has 4 N–H and O–H groups in total. The van der Waals surface area contributed by atoms with Crippen LogP contribution in [0.1, 0.15) is 25.7 Å². The zero-order valence-corrected chi connectivity index (χ0v) is 7.83. The number of carboxylic acids is 1. The second kappa shape index (κ2) is 5.19. The molecular weight excluding hydrogens is 168 g/mol. The summed E-state index contributed by atoms with van der Waals surface area (Å²) in [6.07, 6.45) is 2.94. The summed E-state index contributed by atoms with van der Waals surface area (Å²) in [6.45, 7) is 1.93. The highest BCUT2D eigenvalue weighted by molar-refractivity contribution is 5.66. The van der Waals surface area contributed by atoms with E-state index in [0.717, 1.165) is 32.4 Å². The number of carbonyl (C=O) groups is 1. The molecule has 1 aliphatic heterocycles. The van der Waals surface area contributed by atoms with E-state index in [1.165, 1.54) is 0 Å². The molecular formula is C9H18N2O2. The molecule has 1 aliphatic rings. The molecule has 0 saturated carbocycles. The van der Waals surface area contributed by atoms with E-state index in [9.17, 15) is 4.79 Å². The van der Waals surface area contributed by atoms with Crippen molar-refractivity contribution in [1.82, 2.24) is 5.32 Å². The van der Waals surface area contributed by atoms with Gasteiger partial charge in [-0.2, -0.15) is 0 Å². The molecule has 0 bridgehead atoms. The van der Waals surface area contributed by atoms with Gasteiger partial charge in [0.05, 0.1) is 0 Å². The van der Waals surface area contributed by atoms with Gasteiger partial charge >= 0.3 is 5.97 Å². The number of hydrogen-bond acceptors (Lipinski definition) is 3. The van der Waals surface area contributed by atoms with Crippen molar-refractivity contribution in [3.8, 4) is 0 Å². The third-order valence-corrected chi connectivity index (χ3v) is 2.68. The molecule has 76 valence electrons. The lowest BCUT2D eigenvalue weighted by Gasteiger charge is -2.19. The average molecular weight is 186 g/mol. The molecule has 0 aromatic rings. The van der Waals surface area contributed by atoms with E-state index in [4.69, 9.17) is 10.8 Å². The molecule has 0 aliphatic carbocycles. The van der Waals surface area contributed by atoms with Gasteiger partial charge in [0.25, 0.3) is 0 Å². The summed E-state index contributed by atoms with van der Waals surface area (Å²) in [5, 5.41) is 11.8. The minimum Gasteiger partial charge on any atom is -0.481 e. The first-order valence-electron chi connectivity index (χ1n) is 4.88. The van der Waals surface area contributed by atoms with Crippen molar-refractivity contribution in [3.05, 3.63) is 0 Å². The second-order valence-corrected chi connectivity index (χ2v) is 3.68. The first-order chi connectivity index (χ1) is 6.20. The Labute approximate surface area is 78.5 Å². The quantitative estimate of drug-likeness (QED) is 0.587. The van der Waals surface area contributed by atoms with Gasteiger partial charge in [-0.25, -0.2) is 0 Å². The highest BCUT2D eigenvalue weighted by atomic mass is 16.4. The smallest absolute Gasteiger partial charge is 0.303 e. The van der Waals surface area contributed by atoms with Crippen LogP contribution in [0.4, 0.5) is 0 Å². The Kier molecular flexibility index (Phi) is 4.18. The fourth-order valence-electron chi connectivity index (χ4n) is 1.80. The largest absolute Gasteiger partial charge is 0.481 e. The van der Waals surface area contributed by atoms with Crippen molar-refractivity contribution in [3.63, 3.8) is 0 Å². The third kappa shape index (κ3) is 3.74. The van der Waals surface area contributed by atoms with Crippen LogP contribution in [0.2, 0.25) is 0 Å². The van der Waals surface area contributed by atoms with Gasteiger partial charge in [0.15, 0.2) is 0 Å². The Morgan fingerprint density at radius 3 is 2.85 bits per heavy atom.